The minimum Gasteiger partial charge on any atom is -0.457 e. The third kappa shape index (κ3) is 8.93. The minimum atomic E-state index is -3.87. The van der Waals surface area contributed by atoms with Crippen LogP contribution < -0.4 is 14.4 Å². The Labute approximate surface area is 254 Å². The van der Waals surface area contributed by atoms with E-state index in [1.54, 1.807) is 24.3 Å². The summed E-state index contributed by atoms with van der Waals surface area (Å²) in [7, 11) is -3.87. The first kappa shape index (κ1) is 31.3. The van der Waals surface area contributed by atoms with Gasteiger partial charge in [0.05, 0.1) is 11.9 Å². The van der Waals surface area contributed by atoms with Crippen molar-refractivity contribution in [2.45, 2.75) is 32.9 Å². The summed E-state index contributed by atoms with van der Waals surface area (Å²) in [5.41, 5.74) is 3.09. The Hall–Kier alpha value is -4.63. The second-order valence-corrected chi connectivity index (χ2v) is 12.2. The number of anilines is 1. The van der Waals surface area contributed by atoms with E-state index in [1.807, 2.05) is 98.8 Å². The van der Waals surface area contributed by atoms with Crippen molar-refractivity contribution in [3.05, 3.63) is 126 Å². The average Bonchev–Trinajstić information content (AvgIpc) is 2.99. The molecule has 4 aromatic rings. The van der Waals surface area contributed by atoms with Crippen LogP contribution in [0.3, 0.4) is 0 Å². The summed E-state index contributed by atoms with van der Waals surface area (Å²) in [6.45, 7) is 3.84. The van der Waals surface area contributed by atoms with Crippen LogP contribution >= 0.6 is 0 Å². The van der Waals surface area contributed by atoms with Crippen LogP contribution in [-0.4, -0.2) is 50.5 Å². The topological polar surface area (TPSA) is 96.0 Å². The van der Waals surface area contributed by atoms with Crippen LogP contribution in [0.4, 0.5) is 5.69 Å². The van der Waals surface area contributed by atoms with Crippen molar-refractivity contribution in [3.8, 4) is 11.5 Å². The van der Waals surface area contributed by atoms with Gasteiger partial charge in [0.15, 0.2) is 0 Å². The molecular weight excluding hydrogens is 562 g/mol. The average molecular weight is 600 g/mol. The van der Waals surface area contributed by atoms with E-state index in [0.29, 0.717) is 23.7 Å². The number of nitrogens with one attached hydrogen (secondary N) is 1. The molecule has 0 fully saturated rings. The molecule has 224 valence electrons. The molecule has 0 spiro atoms. The number of aryl methyl sites for hydroxylation is 1. The first-order chi connectivity index (χ1) is 20.6. The number of ether oxygens (including phenoxy) is 1. The Morgan fingerprint density at radius 2 is 1.37 bits per heavy atom. The highest BCUT2D eigenvalue weighted by Gasteiger charge is 2.32. The van der Waals surface area contributed by atoms with Gasteiger partial charge in [-0.05, 0) is 61.4 Å². The Morgan fingerprint density at radius 3 is 1.95 bits per heavy atom. The lowest BCUT2D eigenvalue weighted by atomic mass is 10.0. The number of hydrogen-bond donors (Lipinski definition) is 1. The molecule has 43 heavy (non-hydrogen) atoms. The fourth-order valence-corrected chi connectivity index (χ4v) is 5.50. The van der Waals surface area contributed by atoms with E-state index in [-0.39, 0.29) is 18.9 Å². The second-order valence-electron chi connectivity index (χ2n) is 10.3. The number of nitrogens with zero attached hydrogens (tertiary/aromatic N) is 2. The quantitative estimate of drug-likeness (QED) is 0.224. The Morgan fingerprint density at radius 1 is 0.791 bits per heavy atom. The lowest BCUT2D eigenvalue weighted by molar-refractivity contribution is -0.140. The number of sulfonamides is 1. The van der Waals surface area contributed by atoms with Gasteiger partial charge in [-0.3, -0.25) is 13.9 Å². The van der Waals surface area contributed by atoms with Gasteiger partial charge in [0.2, 0.25) is 21.8 Å². The summed E-state index contributed by atoms with van der Waals surface area (Å²) >= 11 is 0. The molecule has 0 saturated heterocycles. The molecule has 4 rings (SSSR count). The first-order valence-electron chi connectivity index (χ1n) is 14.1. The third-order valence-corrected chi connectivity index (χ3v) is 8.02. The van der Waals surface area contributed by atoms with Crippen molar-refractivity contribution in [1.82, 2.24) is 10.2 Å². The maximum absolute atomic E-state index is 14.1. The number of carbonyl (C=O) groups is 2. The van der Waals surface area contributed by atoms with Crippen molar-refractivity contribution in [2.24, 2.45) is 0 Å². The van der Waals surface area contributed by atoms with Gasteiger partial charge in [0, 0.05) is 19.5 Å². The van der Waals surface area contributed by atoms with E-state index in [9.17, 15) is 18.0 Å². The predicted molar refractivity (Wildman–Crippen MR) is 169 cm³/mol. The molecule has 8 nitrogen and oxygen atoms in total. The van der Waals surface area contributed by atoms with Gasteiger partial charge in [0.25, 0.3) is 0 Å². The molecule has 0 saturated carbocycles. The van der Waals surface area contributed by atoms with E-state index in [4.69, 9.17) is 4.74 Å². The van der Waals surface area contributed by atoms with Crippen molar-refractivity contribution in [3.63, 3.8) is 0 Å². The first-order valence-corrected chi connectivity index (χ1v) is 16.0. The maximum atomic E-state index is 14.1. The SMILES string of the molecule is CCNC(=O)C(Cc1ccccc1)N(Cc1ccc(C)cc1)C(=O)CN(c1ccc(Oc2ccccc2)cc1)S(C)(=O)=O. The molecule has 1 atom stereocenters. The van der Waals surface area contributed by atoms with Crippen molar-refractivity contribution in [1.29, 1.82) is 0 Å². The molecule has 0 heterocycles. The summed E-state index contributed by atoms with van der Waals surface area (Å²) in [4.78, 5) is 29.0. The highest BCUT2D eigenvalue weighted by Crippen LogP contribution is 2.26. The lowest BCUT2D eigenvalue weighted by Gasteiger charge is -2.33. The number of rotatable bonds is 13. The van der Waals surface area contributed by atoms with Gasteiger partial charge in [-0.25, -0.2) is 8.42 Å². The fraction of sp³-hybridized carbons (Fsp3) is 0.235. The standard InChI is InChI=1S/C34H37N3O5S/c1-4-35-34(39)32(23-27-11-7-5-8-12-27)36(24-28-17-15-26(2)16-18-28)33(38)25-37(43(3,40)41)29-19-21-31(22-20-29)42-30-13-9-6-10-14-30/h5-22,32H,4,23-25H2,1-3H3,(H,35,39). The van der Waals surface area contributed by atoms with Crippen LogP contribution in [0.2, 0.25) is 0 Å². The van der Waals surface area contributed by atoms with Crippen LogP contribution in [0, 0.1) is 6.92 Å². The van der Waals surface area contributed by atoms with E-state index in [2.05, 4.69) is 5.32 Å². The highest BCUT2D eigenvalue weighted by molar-refractivity contribution is 7.92. The normalized spacial score (nSPS) is 11.8. The minimum absolute atomic E-state index is 0.134. The Bertz CT molecular complexity index is 1590. The van der Waals surface area contributed by atoms with E-state index < -0.39 is 28.5 Å². The van der Waals surface area contributed by atoms with Crippen molar-refractivity contribution in [2.75, 3.05) is 23.7 Å². The molecule has 2 amide bonds. The van der Waals surface area contributed by atoms with Gasteiger partial charge in [0.1, 0.15) is 24.1 Å². The van der Waals surface area contributed by atoms with E-state index in [0.717, 1.165) is 27.3 Å². The zero-order valence-electron chi connectivity index (χ0n) is 24.6. The molecule has 1 unspecified atom stereocenters. The second kappa shape index (κ2) is 14.5. The molecule has 0 radical (unpaired) electrons. The maximum Gasteiger partial charge on any atom is 0.244 e. The van der Waals surface area contributed by atoms with Gasteiger partial charge >= 0.3 is 0 Å². The number of para-hydroxylation sites is 1. The number of amides is 2. The largest absolute Gasteiger partial charge is 0.457 e. The molecule has 0 aliphatic heterocycles. The van der Waals surface area contributed by atoms with Gasteiger partial charge < -0.3 is 15.0 Å². The van der Waals surface area contributed by atoms with E-state index >= 15 is 0 Å². The van der Waals surface area contributed by atoms with Crippen LogP contribution in [0.15, 0.2) is 109 Å². The van der Waals surface area contributed by atoms with Crippen LogP contribution in [-0.2, 0) is 32.6 Å². The van der Waals surface area contributed by atoms with Crippen LogP contribution in [0.1, 0.15) is 23.6 Å². The number of likely N-dealkylation sites (N-methyl/N-ethyl adjacent to an activating group) is 1. The molecule has 0 bridgehead atoms. The Kier molecular flexibility index (Phi) is 10.6. The molecule has 4 aromatic carbocycles. The van der Waals surface area contributed by atoms with Crippen molar-refractivity contribution >= 4 is 27.5 Å². The third-order valence-electron chi connectivity index (χ3n) is 6.88. The van der Waals surface area contributed by atoms with E-state index in [1.165, 1.54) is 4.90 Å². The zero-order chi connectivity index (χ0) is 30.8. The highest BCUT2D eigenvalue weighted by atomic mass is 32.2. The molecule has 0 aromatic heterocycles. The number of carbonyl (C=O) groups excluding carboxylic acids is 2. The van der Waals surface area contributed by atoms with Crippen LogP contribution in [0.5, 0.6) is 11.5 Å². The zero-order valence-corrected chi connectivity index (χ0v) is 25.5. The summed E-state index contributed by atoms with van der Waals surface area (Å²) in [5, 5.41) is 2.86. The number of benzene rings is 4. The monoisotopic (exact) mass is 599 g/mol. The summed E-state index contributed by atoms with van der Waals surface area (Å²) in [6, 6.07) is 32.0. The Balaban J connectivity index is 1.65. The fourth-order valence-electron chi connectivity index (χ4n) is 4.65. The van der Waals surface area contributed by atoms with Crippen LogP contribution in [0.25, 0.3) is 0 Å². The van der Waals surface area contributed by atoms with Gasteiger partial charge in [-0.2, -0.15) is 0 Å². The molecule has 9 heteroatoms. The molecule has 0 aliphatic rings. The number of hydrogen-bond acceptors (Lipinski definition) is 5. The van der Waals surface area contributed by atoms with Gasteiger partial charge in [-0.1, -0.05) is 78.4 Å². The summed E-state index contributed by atoms with van der Waals surface area (Å²) in [6.07, 6.45) is 1.33. The molecular formula is C34H37N3O5S. The predicted octanol–water partition coefficient (Wildman–Crippen LogP) is 5.33. The molecule has 0 aliphatic carbocycles. The van der Waals surface area contributed by atoms with Crippen molar-refractivity contribution < 1.29 is 22.7 Å². The lowest BCUT2D eigenvalue weighted by Crippen LogP contribution is -2.53. The summed E-state index contributed by atoms with van der Waals surface area (Å²) in [5.74, 6) is 0.366. The molecule has 1 N–H and O–H groups in total. The smallest absolute Gasteiger partial charge is 0.244 e. The summed E-state index contributed by atoms with van der Waals surface area (Å²) < 4.78 is 32.9. The van der Waals surface area contributed by atoms with Gasteiger partial charge in [-0.15, -0.1) is 0 Å².